The first-order valence-corrected chi connectivity index (χ1v) is 18.6. The molecule has 252 valence electrons. The fourth-order valence-corrected chi connectivity index (χ4v) is 12.6. The first-order valence-electron chi connectivity index (χ1n) is 15.6. The van der Waals surface area contributed by atoms with E-state index in [1.807, 2.05) is 26.8 Å². The van der Waals surface area contributed by atoms with Gasteiger partial charge in [-0.15, -0.1) is 0 Å². The zero-order valence-electron chi connectivity index (χ0n) is 26.7. The number of hydrogen-bond donors (Lipinski definition) is 3. The lowest BCUT2D eigenvalue weighted by atomic mass is 9.36. The molecule has 45 heavy (non-hydrogen) atoms. The van der Waals surface area contributed by atoms with Gasteiger partial charge < -0.3 is 29.7 Å². The maximum Gasteiger partial charge on any atom is 0.481 e. The molecule has 15 heteroatoms. The highest BCUT2D eigenvalue weighted by Gasteiger charge is 2.93. The molecule has 0 radical (unpaired) electrons. The van der Waals surface area contributed by atoms with Crippen LogP contribution in [0.25, 0.3) is 0 Å². The van der Waals surface area contributed by atoms with E-state index in [1.165, 1.54) is 0 Å². The molecule has 3 unspecified atom stereocenters. The van der Waals surface area contributed by atoms with Crippen LogP contribution in [0.15, 0.2) is 23.8 Å². The van der Waals surface area contributed by atoms with E-state index in [1.54, 1.807) is 12.2 Å². The second-order valence-electron chi connectivity index (χ2n) is 14.5. The summed E-state index contributed by atoms with van der Waals surface area (Å²) in [6, 6.07) is 0. The summed E-state index contributed by atoms with van der Waals surface area (Å²) in [5.74, 6) is -0.665. The van der Waals surface area contributed by atoms with E-state index < -0.39 is 79.4 Å². The summed E-state index contributed by atoms with van der Waals surface area (Å²) in [5, 5.41) is 0. The smallest absolute Gasteiger partial charge is 0.364 e. The third-order valence-corrected chi connectivity index (χ3v) is 15.2. The minimum Gasteiger partial charge on any atom is -0.364 e. The van der Waals surface area contributed by atoms with Crippen molar-refractivity contribution >= 4 is 27.2 Å². The molecule has 4 N–H and O–H groups in total. The molecule has 2 heterocycles. The van der Waals surface area contributed by atoms with Crippen LogP contribution in [-0.4, -0.2) is 70.3 Å². The van der Waals surface area contributed by atoms with Gasteiger partial charge in [0.15, 0.2) is 23.5 Å². The van der Waals surface area contributed by atoms with Crippen LogP contribution in [0.5, 0.6) is 0 Å². The number of phosphoric ester groups is 2. The SMILES string of the molecule is CCCC1O[C@@]2(C(=O)COP(=O)(O)OP(=O)(O)OCCN)[C@@]3(C)C[C@@H]4O[C@@]45[C@@](C)(CCC4=CC(=O)C=C[C@@]45C)[C@]3(C)C[C@@]2(C)O1. The fraction of sp³-hybridized carbons (Fsp3) is 0.800. The molecule has 0 aromatic carbocycles. The van der Waals surface area contributed by atoms with Crippen molar-refractivity contribution in [2.45, 2.75) is 109 Å². The van der Waals surface area contributed by atoms with E-state index in [9.17, 15) is 28.5 Å². The molecule has 2 saturated heterocycles. The Morgan fingerprint density at radius 1 is 1.04 bits per heavy atom. The summed E-state index contributed by atoms with van der Waals surface area (Å²) in [6.07, 6.45) is 7.90. The Morgan fingerprint density at radius 3 is 2.40 bits per heavy atom. The topological polar surface area (TPSA) is 193 Å². The van der Waals surface area contributed by atoms with Gasteiger partial charge in [-0.3, -0.25) is 18.6 Å². The molecule has 0 aromatic heterocycles. The Balaban J connectivity index is 1.39. The summed E-state index contributed by atoms with van der Waals surface area (Å²) in [5.41, 5.74) is 0.406. The molecule has 0 bridgehead atoms. The monoisotopic (exact) mass is 673 g/mol. The minimum atomic E-state index is -5.25. The third-order valence-electron chi connectivity index (χ3n) is 12.6. The van der Waals surface area contributed by atoms with E-state index in [4.69, 9.17) is 24.5 Å². The van der Waals surface area contributed by atoms with Crippen molar-refractivity contribution in [1.29, 1.82) is 0 Å². The minimum absolute atomic E-state index is 0.0311. The number of epoxide rings is 1. The molecule has 6 aliphatic rings. The van der Waals surface area contributed by atoms with Crippen molar-refractivity contribution in [3.63, 3.8) is 0 Å². The summed E-state index contributed by atoms with van der Waals surface area (Å²) in [7, 11) is -10.3. The highest BCUT2D eigenvalue weighted by Crippen LogP contribution is 2.86. The number of ether oxygens (including phenoxy) is 3. The zero-order chi connectivity index (χ0) is 33.1. The van der Waals surface area contributed by atoms with Crippen LogP contribution >= 0.6 is 15.6 Å². The Hall–Kier alpha value is -1.08. The highest BCUT2D eigenvalue weighted by atomic mass is 31.3. The highest BCUT2D eigenvalue weighted by molar-refractivity contribution is 7.61. The van der Waals surface area contributed by atoms with Gasteiger partial charge in [0.25, 0.3) is 0 Å². The third kappa shape index (κ3) is 4.19. The van der Waals surface area contributed by atoms with Gasteiger partial charge in [-0.2, -0.15) is 4.31 Å². The lowest BCUT2D eigenvalue weighted by molar-refractivity contribution is -0.218. The molecule has 0 aromatic rings. The van der Waals surface area contributed by atoms with Gasteiger partial charge in [-0.1, -0.05) is 45.8 Å². The predicted octanol–water partition coefficient (Wildman–Crippen LogP) is 4.26. The molecule has 1 spiro atoms. The number of ketones is 2. The second-order valence-corrected chi connectivity index (χ2v) is 17.6. The number of carbonyl (C=O) groups is 2. The first kappa shape index (κ1) is 33.8. The van der Waals surface area contributed by atoms with Crippen LogP contribution in [0.4, 0.5) is 0 Å². The summed E-state index contributed by atoms with van der Waals surface area (Å²) in [6.45, 7) is 10.9. The van der Waals surface area contributed by atoms with Crippen molar-refractivity contribution in [3.8, 4) is 0 Å². The van der Waals surface area contributed by atoms with Crippen LogP contribution < -0.4 is 5.73 Å². The normalized spacial score (nSPS) is 48.6. The van der Waals surface area contributed by atoms with E-state index in [2.05, 4.69) is 29.6 Å². The number of allylic oxidation sites excluding steroid dienone is 2. The Morgan fingerprint density at radius 2 is 1.73 bits per heavy atom. The lowest BCUT2D eigenvalue weighted by Crippen LogP contribution is -2.71. The summed E-state index contributed by atoms with van der Waals surface area (Å²) in [4.78, 5) is 47.1. The van der Waals surface area contributed by atoms with Gasteiger partial charge in [0, 0.05) is 22.8 Å². The Labute approximate surface area is 263 Å². The van der Waals surface area contributed by atoms with Crippen molar-refractivity contribution in [2.24, 2.45) is 27.4 Å². The average Bonchev–Trinajstić information content (AvgIpc) is 3.55. The number of fused-ring (bicyclic) bond motifs is 5. The van der Waals surface area contributed by atoms with Crippen LogP contribution in [0.2, 0.25) is 0 Å². The van der Waals surface area contributed by atoms with E-state index >= 15 is 0 Å². The van der Waals surface area contributed by atoms with E-state index in [0.717, 1.165) is 12.0 Å². The van der Waals surface area contributed by atoms with E-state index in [-0.39, 0.29) is 18.4 Å². The number of Topliss-reactive ketones (excluding diaryl/α,β-unsaturated/α-hetero) is 1. The zero-order valence-corrected chi connectivity index (χ0v) is 28.5. The number of hydrogen-bond acceptors (Lipinski definition) is 11. The van der Waals surface area contributed by atoms with Gasteiger partial charge in [-0.05, 0) is 63.5 Å². The molecule has 3 saturated carbocycles. The molecule has 4 aliphatic carbocycles. The molecule has 0 amide bonds. The van der Waals surface area contributed by atoms with Crippen molar-refractivity contribution in [1.82, 2.24) is 0 Å². The van der Waals surface area contributed by atoms with Gasteiger partial charge in [-0.25, -0.2) is 9.13 Å². The van der Waals surface area contributed by atoms with Crippen LogP contribution in [0.3, 0.4) is 0 Å². The maximum atomic E-state index is 14.6. The standard InChI is InChI=1S/C30H45NO12P2/c1-7-8-23-41-28(6)18-27(5)25(3)12-9-19-15-20(32)10-11-24(19,2)30(25)22(40-30)16-26(27,4)29(28,42-23)21(33)17-39-45(36,37)43-44(34,35)38-14-13-31/h10-11,15,22-23H,7-9,12-14,16-18,31H2,1-6H3,(H,34,35)(H,36,37)/t22-,23?,24-,25-,26-,27-,28+,29-,30-/m0/s1. The largest absolute Gasteiger partial charge is 0.481 e. The molecule has 13 nitrogen and oxygen atoms in total. The Bertz CT molecular complexity index is 1480. The number of nitrogens with two attached hydrogens (primary N) is 1. The van der Waals surface area contributed by atoms with Crippen LogP contribution in [0.1, 0.15) is 80.1 Å². The summed E-state index contributed by atoms with van der Waals surface area (Å²) >= 11 is 0. The van der Waals surface area contributed by atoms with Crippen molar-refractivity contribution in [3.05, 3.63) is 23.8 Å². The van der Waals surface area contributed by atoms with Gasteiger partial charge in [0.1, 0.15) is 17.8 Å². The van der Waals surface area contributed by atoms with E-state index in [0.29, 0.717) is 32.1 Å². The predicted molar refractivity (Wildman–Crippen MR) is 159 cm³/mol. The van der Waals surface area contributed by atoms with Crippen LogP contribution in [0, 0.1) is 21.7 Å². The molecule has 2 aliphatic heterocycles. The lowest BCUT2D eigenvalue weighted by Gasteiger charge is -2.66. The molecule has 5 fully saturated rings. The van der Waals surface area contributed by atoms with Gasteiger partial charge in [0.05, 0.1) is 12.7 Å². The summed E-state index contributed by atoms with van der Waals surface area (Å²) < 4.78 is 59.1. The molecular weight excluding hydrogens is 628 g/mol. The fourth-order valence-electron chi connectivity index (χ4n) is 10.6. The van der Waals surface area contributed by atoms with Crippen LogP contribution in [-0.2, 0) is 46.3 Å². The first-order chi connectivity index (χ1) is 20.8. The van der Waals surface area contributed by atoms with Crippen molar-refractivity contribution in [2.75, 3.05) is 19.8 Å². The maximum absolute atomic E-state index is 14.6. The Kier molecular flexibility index (Phi) is 7.68. The number of phosphoric acid groups is 2. The quantitative estimate of drug-likeness (QED) is 0.208. The molecule has 6 rings (SSSR count). The number of carbonyl (C=O) groups excluding carboxylic acids is 2. The van der Waals surface area contributed by atoms with Crippen molar-refractivity contribution < 1.29 is 56.1 Å². The van der Waals surface area contributed by atoms with Gasteiger partial charge in [0.2, 0.25) is 0 Å². The second kappa shape index (κ2) is 10.2. The number of rotatable bonds is 11. The molecule has 11 atom stereocenters. The molecular formula is C30H45NO12P2. The average molecular weight is 674 g/mol. The van der Waals surface area contributed by atoms with Gasteiger partial charge >= 0.3 is 15.6 Å².